The number of carbonyl (C=O) groups is 4. The van der Waals surface area contributed by atoms with Crippen molar-refractivity contribution in [1.29, 1.82) is 0 Å². The summed E-state index contributed by atoms with van der Waals surface area (Å²) in [7, 11) is 1.26. The Morgan fingerprint density at radius 1 is 1.00 bits per heavy atom. The molecule has 2 heterocycles. The smallest absolute Gasteiger partial charge is 0.303 e. The number of thiophene rings is 1. The molecule has 1 aromatic carbocycles. The zero-order valence-corrected chi connectivity index (χ0v) is 25.3. The molecule has 11 nitrogen and oxygen atoms in total. The summed E-state index contributed by atoms with van der Waals surface area (Å²) < 4.78 is 34.7. The molecule has 1 N–H and O–H groups in total. The van der Waals surface area contributed by atoms with Crippen LogP contribution in [-0.2, 0) is 53.4 Å². The van der Waals surface area contributed by atoms with Gasteiger partial charge in [0.1, 0.15) is 18.8 Å². The van der Waals surface area contributed by atoms with Crippen molar-refractivity contribution in [2.24, 2.45) is 0 Å². The van der Waals surface area contributed by atoms with E-state index in [0.717, 1.165) is 24.6 Å². The van der Waals surface area contributed by atoms with Crippen LogP contribution in [0.3, 0.4) is 0 Å². The van der Waals surface area contributed by atoms with Gasteiger partial charge < -0.3 is 33.5 Å². The molecule has 0 bridgehead atoms. The number of rotatable bonds is 9. The van der Waals surface area contributed by atoms with Gasteiger partial charge in [-0.15, -0.1) is 11.3 Å². The van der Waals surface area contributed by atoms with Crippen molar-refractivity contribution < 1.29 is 52.7 Å². The normalized spacial score (nSPS) is 25.0. The van der Waals surface area contributed by atoms with Crippen LogP contribution in [0.1, 0.15) is 49.8 Å². The van der Waals surface area contributed by atoms with E-state index in [1.165, 1.54) is 43.6 Å². The number of aliphatic hydroxyl groups excluding tert-OH is 1. The molecule has 218 valence electrons. The minimum atomic E-state index is -2.01. The number of aliphatic hydroxyl groups is 1. The van der Waals surface area contributed by atoms with Crippen molar-refractivity contribution in [3.05, 3.63) is 55.1 Å². The molecule has 1 fully saturated rings. The summed E-state index contributed by atoms with van der Waals surface area (Å²) in [6.07, 6.45) is -6.76. The Bertz CT molecular complexity index is 1270. The van der Waals surface area contributed by atoms with Crippen molar-refractivity contribution in [1.82, 2.24) is 0 Å². The minimum Gasteiger partial charge on any atom is -0.463 e. The lowest BCUT2D eigenvalue weighted by atomic mass is 9.86. The molecule has 2 aromatic rings. The molecule has 1 aromatic heterocycles. The lowest BCUT2D eigenvalue weighted by molar-refractivity contribution is -0.367. The summed E-state index contributed by atoms with van der Waals surface area (Å²) in [5, 5.41) is 11.4. The highest BCUT2D eigenvalue weighted by molar-refractivity contribution is 9.11. The van der Waals surface area contributed by atoms with Gasteiger partial charge in [0.05, 0.1) is 3.79 Å². The Balaban J connectivity index is 2.23. The standard InChI is InChI=1S/C26H28BrClO11S/c1-12(29)35-11-19-23(36-13(2)30)24(37-14(3)31)25(38-15(4)32)26(34-5,39-19)16-6-7-18(28)17(10-16)22(33)20-8-9-21(27)40-20/h6-10,19,22-25,33H,11H2,1-5H3/t19?,22?,23-,24+,25-,26?/m1/s1. The van der Waals surface area contributed by atoms with Gasteiger partial charge in [-0.3, -0.25) is 19.2 Å². The fourth-order valence-corrected chi connectivity index (χ4v) is 6.03. The van der Waals surface area contributed by atoms with E-state index >= 15 is 0 Å². The Morgan fingerprint density at radius 2 is 1.62 bits per heavy atom. The second-order valence-electron chi connectivity index (χ2n) is 8.79. The maximum atomic E-state index is 12.3. The summed E-state index contributed by atoms with van der Waals surface area (Å²) in [5.74, 6) is -5.00. The second-order valence-corrected chi connectivity index (χ2v) is 11.7. The average Bonchev–Trinajstić information content (AvgIpc) is 3.31. The molecule has 40 heavy (non-hydrogen) atoms. The van der Waals surface area contributed by atoms with Gasteiger partial charge >= 0.3 is 23.9 Å². The lowest BCUT2D eigenvalue weighted by Gasteiger charge is -2.50. The molecule has 1 aliphatic rings. The first-order chi connectivity index (χ1) is 18.8. The molecule has 0 radical (unpaired) electrons. The summed E-state index contributed by atoms with van der Waals surface area (Å²) in [4.78, 5) is 48.8. The molecule has 1 saturated heterocycles. The van der Waals surface area contributed by atoms with E-state index < -0.39 is 66.8 Å². The van der Waals surface area contributed by atoms with Crippen molar-refractivity contribution in [2.75, 3.05) is 13.7 Å². The highest BCUT2D eigenvalue weighted by Crippen LogP contribution is 2.45. The zero-order valence-electron chi connectivity index (χ0n) is 22.2. The fourth-order valence-electron chi connectivity index (χ4n) is 4.38. The first kappa shape index (κ1) is 32.0. The van der Waals surface area contributed by atoms with E-state index in [4.69, 9.17) is 40.0 Å². The van der Waals surface area contributed by atoms with Crippen LogP contribution in [0.4, 0.5) is 0 Å². The van der Waals surface area contributed by atoms with Gasteiger partial charge in [-0.1, -0.05) is 17.7 Å². The molecule has 0 amide bonds. The van der Waals surface area contributed by atoms with Crippen LogP contribution in [0.25, 0.3) is 0 Å². The minimum absolute atomic E-state index is 0.210. The van der Waals surface area contributed by atoms with Crippen LogP contribution in [0.5, 0.6) is 0 Å². The van der Waals surface area contributed by atoms with Gasteiger partial charge in [-0.2, -0.15) is 0 Å². The maximum absolute atomic E-state index is 12.3. The van der Waals surface area contributed by atoms with E-state index in [0.29, 0.717) is 4.88 Å². The highest BCUT2D eigenvalue weighted by atomic mass is 79.9. The Morgan fingerprint density at radius 3 is 2.15 bits per heavy atom. The molecule has 3 unspecified atom stereocenters. The number of hydrogen-bond acceptors (Lipinski definition) is 12. The second kappa shape index (κ2) is 13.4. The summed E-state index contributed by atoms with van der Waals surface area (Å²) in [5.41, 5.74) is 0.486. The van der Waals surface area contributed by atoms with Crippen LogP contribution < -0.4 is 0 Å². The number of ether oxygens (including phenoxy) is 6. The highest BCUT2D eigenvalue weighted by Gasteiger charge is 2.61. The van der Waals surface area contributed by atoms with E-state index in [1.54, 1.807) is 12.1 Å². The Labute approximate surface area is 247 Å². The third-order valence-corrected chi connectivity index (χ3v) is 7.92. The third-order valence-electron chi connectivity index (χ3n) is 5.90. The Hall–Kier alpha value is -2.55. The summed E-state index contributed by atoms with van der Waals surface area (Å²) in [6, 6.07) is 8.01. The van der Waals surface area contributed by atoms with Gasteiger partial charge in [-0.25, -0.2) is 0 Å². The van der Waals surface area contributed by atoms with Crippen LogP contribution >= 0.6 is 38.9 Å². The van der Waals surface area contributed by atoms with Gasteiger partial charge in [0.25, 0.3) is 0 Å². The molecule has 3 rings (SSSR count). The van der Waals surface area contributed by atoms with Gasteiger partial charge in [0, 0.05) is 55.8 Å². The van der Waals surface area contributed by atoms with Crippen molar-refractivity contribution in [3.63, 3.8) is 0 Å². The predicted octanol–water partition coefficient (Wildman–Crippen LogP) is 3.80. The van der Waals surface area contributed by atoms with E-state index in [1.807, 2.05) is 0 Å². The van der Waals surface area contributed by atoms with E-state index in [-0.39, 0.29) is 16.1 Å². The molecule has 0 spiro atoms. The van der Waals surface area contributed by atoms with Crippen LogP contribution in [0.2, 0.25) is 5.02 Å². The molecule has 6 atom stereocenters. The zero-order chi connectivity index (χ0) is 29.8. The molecular formula is C26H28BrClO11S. The predicted molar refractivity (Wildman–Crippen MR) is 144 cm³/mol. The molecule has 1 aliphatic heterocycles. The van der Waals surface area contributed by atoms with E-state index in [9.17, 15) is 24.3 Å². The third kappa shape index (κ3) is 7.20. The van der Waals surface area contributed by atoms with Crippen LogP contribution in [0, 0.1) is 0 Å². The van der Waals surface area contributed by atoms with Crippen molar-refractivity contribution >= 4 is 62.7 Å². The van der Waals surface area contributed by atoms with Gasteiger partial charge in [0.15, 0.2) is 12.2 Å². The first-order valence-corrected chi connectivity index (χ1v) is 13.9. The number of hydrogen-bond donors (Lipinski definition) is 1. The maximum Gasteiger partial charge on any atom is 0.303 e. The number of methoxy groups -OCH3 is 1. The first-order valence-electron chi connectivity index (χ1n) is 11.9. The SMILES string of the molecule is COC1(c2ccc(Cl)c(C(O)c3ccc(Br)s3)c2)OC(COC(C)=O)[C@@H](OC(C)=O)[C@H](OC(C)=O)[C@H]1OC(C)=O. The van der Waals surface area contributed by atoms with Crippen molar-refractivity contribution in [3.8, 4) is 0 Å². The number of esters is 4. The van der Waals surface area contributed by atoms with Crippen LogP contribution in [0.15, 0.2) is 34.1 Å². The lowest BCUT2D eigenvalue weighted by Crippen LogP contribution is -2.67. The average molecular weight is 664 g/mol. The Kier molecular flexibility index (Phi) is 10.7. The van der Waals surface area contributed by atoms with Gasteiger partial charge in [0.2, 0.25) is 11.9 Å². The summed E-state index contributed by atoms with van der Waals surface area (Å²) in [6.45, 7) is 4.12. The van der Waals surface area contributed by atoms with Crippen LogP contribution in [-0.4, -0.2) is 67.1 Å². The number of halogens is 2. The number of benzene rings is 1. The summed E-state index contributed by atoms with van der Waals surface area (Å²) >= 11 is 11.1. The molecule has 0 aliphatic carbocycles. The fraction of sp³-hybridized carbons (Fsp3) is 0.462. The largest absolute Gasteiger partial charge is 0.463 e. The quantitative estimate of drug-likeness (QED) is 0.309. The van der Waals surface area contributed by atoms with Crippen molar-refractivity contribution in [2.45, 2.75) is 64.0 Å². The molecule has 0 saturated carbocycles. The topological polar surface area (TPSA) is 144 Å². The monoisotopic (exact) mass is 662 g/mol. The number of carbonyl (C=O) groups excluding carboxylic acids is 4. The molecule has 14 heteroatoms. The van der Waals surface area contributed by atoms with Gasteiger partial charge in [-0.05, 0) is 40.2 Å². The van der Waals surface area contributed by atoms with E-state index in [2.05, 4.69) is 15.9 Å². The molecular weight excluding hydrogens is 636 g/mol.